The van der Waals surface area contributed by atoms with Gasteiger partial charge in [-0.2, -0.15) is 0 Å². The second kappa shape index (κ2) is 11.0. The van der Waals surface area contributed by atoms with Gasteiger partial charge in [0.2, 0.25) is 0 Å². The number of fused-ring (bicyclic) bond motifs is 1. The van der Waals surface area contributed by atoms with E-state index in [1.54, 1.807) is 19.1 Å². The van der Waals surface area contributed by atoms with Gasteiger partial charge in [-0.3, -0.25) is 19.9 Å². The molecule has 5 rings (SSSR count). The van der Waals surface area contributed by atoms with Crippen LogP contribution in [-0.4, -0.2) is 43.8 Å². The zero-order valence-corrected chi connectivity index (χ0v) is 23.6. The minimum atomic E-state index is -2.75. The van der Waals surface area contributed by atoms with E-state index in [0.717, 1.165) is 10.9 Å². The van der Waals surface area contributed by atoms with E-state index < -0.39 is 18.2 Å². The van der Waals surface area contributed by atoms with Crippen LogP contribution >= 0.6 is 34.5 Å². The third-order valence-corrected chi connectivity index (χ3v) is 7.73. The van der Waals surface area contributed by atoms with Gasteiger partial charge in [-0.1, -0.05) is 34.5 Å². The molecular weight excluding hydrogens is 585 g/mol. The number of alkyl halides is 2. The summed E-state index contributed by atoms with van der Waals surface area (Å²) in [6.07, 6.45) is 0.195. The number of thiazole rings is 1. The number of rotatable bonds is 6. The number of ether oxygens (including phenoxy) is 1. The van der Waals surface area contributed by atoms with Crippen molar-refractivity contribution in [1.29, 1.82) is 0 Å². The number of methoxy groups -OCH3 is 1. The minimum absolute atomic E-state index is 0.0384. The Morgan fingerprint density at radius 2 is 1.85 bits per heavy atom. The first kappa shape index (κ1) is 27.8. The fourth-order valence-corrected chi connectivity index (χ4v) is 5.65. The highest BCUT2D eigenvalue weighted by Gasteiger charge is 2.31. The summed E-state index contributed by atoms with van der Waals surface area (Å²) < 4.78 is 31.7. The van der Waals surface area contributed by atoms with Gasteiger partial charge >= 0.3 is 0 Å². The summed E-state index contributed by atoms with van der Waals surface area (Å²) in [5.41, 5.74) is 2.34. The number of nitrogens with zero attached hydrogens (tertiary/aromatic N) is 5. The largest absolute Gasteiger partial charge is 0.494 e. The molecule has 206 valence electrons. The van der Waals surface area contributed by atoms with Gasteiger partial charge in [0.15, 0.2) is 5.13 Å². The highest BCUT2D eigenvalue weighted by atomic mass is 35.5. The van der Waals surface area contributed by atoms with Crippen molar-refractivity contribution in [3.8, 4) is 16.9 Å². The Hall–Kier alpha value is -3.74. The molecule has 14 heteroatoms. The zero-order valence-electron chi connectivity index (χ0n) is 21.3. The number of hydrogen-bond donors (Lipinski definition) is 1. The van der Waals surface area contributed by atoms with E-state index in [2.05, 4.69) is 25.3 Å². The van der Waals surface area contributed by atoms with Crippen molar-refractivity contribution in [2.75, 3.05) is 12.4 Å². The van der Waals surface area contributed by atoms with Crippen LogP contribution in [0.25, 0.3) is 11.1 Å². The van der Waals surface area contributed by atoms with E-state index in [0.29, 0.717) is 33.4 Å². The lowest BCUT2D eigenvalue weighted by Gasteiger charge is -2.17. The fraction of sp³-hybridized carbons (Fsp3) is 0.231. The van der Waals surface area contributed by atoms with Crippen LogP contribution in [-0.2, 0) is 13.1 Å². The Morgan fingerprint density at radius 3 is 2.55 bits per heavy atom. The summed E-state index contributed by atoms with van der Waals surface area (Å²) in [6, 6.07) is 4.44. The minimum Gasteiger partial charge on any atom is -0.494 e. The highest BCUT2D eigenvalue weighted by Crippen LogP contribution is 2.36. The Morgan fingerprint density at radius 1 is 1.07 bits per heavy atom. The fourth-order valence-electron chi connectivity index (χ4n) is 4.27. The van der Waals surface area contributed by atoms with E-state index in [1.807, 2.05) is 0 Å². The third-order valence-electron chi connectivity index (χ3n) is 6.23. The molecule has 0 bridgehead atoms. The van der Waals surface area contributed by atoms with Crippen molar-refractivity contribution in [2.45, 2.75) is 33.4 Å². The SMILES string of the molecule is COc1cnc(Cl)cc1-c1cc(C)ncc1C(=O)Nc1nc2c(s1)CN(C(=O)c1nc(C)c(C(F)F)cc1Cl)C2. The van der Waals surface area contributed by atoms with Crippen molar-refractivity contribution < 1.29 is 23.1 Å². The average molecular weight is 605 g/mol. The molecule has 0 radical (unpaired) electrons. The van der Waals surface area contributed by atoms with Crippen molar-refractivity contribution in [2.24, 2.45) is 0 Å². The number of amides is 2. The maximum absolute atomic E-state index is 13.3. The molecule has 1 aliphatic heterocycles. The molecule has 0 unspecified atom stereocenters. The van der Waals surface area contributed by atoms with Crippen molar-refractivity contribution >= 4 is 51.5 Å². The topological polar surface area (TPSA) is 110 Å². The number of aromatic nitrogens is 4. The van der Waals surface area contributed by atoms with Crippen LogP contribution in [0.5, 0.6) is 5.75 Å². The number of pyridine rings is 3. The quantitative estimate of drug-likeness (QED) is 0.258. The first-order chi connectivity index (χ1) is 19.0. The molecule has 0 saturated carbocycles. The van der Waals surface area contributed by atoms with Gasteiger partial charge in [0.05, 0.1) is 47.6 Å². The van der Waals surface area contributed by atoms with Crippen LogP contribution in [0.15, 0.2) is 30.6 Å². The molecule has 9 nitrogen and oxygen atoms in total. The number of nitrogens with one attached hydrogen (secondary N) is 1. The van der Waals surface area contributed by atoms with Gasteiger partial charge in [-0.05, 0) is 32.0 Å². The maximum Gasteiger partial charge on any atom is 0.274 e. The molecule has 5 heterocycles. The van der Waals surface area contributed by atoms with E-state index >= 15 is 0 Å². The molecule has 0 saturated heterocycles. The van der Waals surface area contributed by atoms with Crippen molar-refractivity contribution in [3.05, 3.63) is 79.5 Å². The molecule has 0 aliphatic carbocycles. The Balaban J connectivity index is 1.34. The van der Waals surface area contributed by atoms with E-state index in [1.165, 1.54) is 42.7 Å². The highest BCUT2D eigenvalue weighted by molar-refractivity contribution is 7.16. The monoisotopic (exact) mass is 604 g/mol. The normalized spacial score (nSPS) is 12.6. The van der Waals surface area contributed by atoms with Crippen molar-refractivity contribution in [3.63, 3.8) is 0 Å². The number of halogens is 4. The lowest BCUT2D eigenvalue weighted by Crippen LogP contribution is -2.27. The predicted octanol–water partition coefficient (Wildman–Crippen LogP) is 6.27. The second-order valence-corrected chi connectivity index (χ2v) is 10.8. The smallest absolute Gasteiger partial charge is 0.274 e. The molecule has 40 heavy (non-hydrogen) atoms. The number of anilines is 1. The Bertz CT molecular complexity index is 1640. The van der Waals surface area contributed by atoms with E-state index in [-0.39, 0.29) is 45.8 Å². The standard InChI is InChI=1S/C26H20Cl2F2N6O3S/c1-11-4-14(15-6-21(28)32-8-19(15)39-3)16(7-31-11)24(37)35-26-34-18-9-36(10-20(18)40-26)25(38)22-17(27)5-13(23(29)30)12(2)33-22/h4-8,23H,9-10H2,1-3H3,(H,34,35,37). The summed E-state index contributed by atoms with van der Waals surface area (Å²) in [6.45, 7) is 3.56. The van der Waals surface area contributed by atoms with Crippen LogP contribution in [0.1, 0.15) is 54.8 Å². The van der Waals surface area contributed by atoms with Crippen LogP contribution in [0.2, 0.25) is 10.2 Å². The summed E-state index contributed by atoms with van der Waals surface area (Å²) in [5, 5.41) is 3.26. The molecule has 1 N–H and O–H groups in total. The lowest BCUT2D eigenvalue weighted by molar-refractivity contribution is 0.0744. The molecule has 0 spiro atoms. The third kappa shape index (κ3) is 5.34. The molecule has 1 aliphatic rings. The van der Waals surface area contributed by atoms with Crippen LogP contribution in [0, 0.1) is 13.8 Å². The number of hydrogen-bond acceptors (Lipinski definition) is 8. The molecular formula is C26H20Cl2F2N6O3S. The zero-order chi connectivity index (χ0) is 28.7. The summed E-state index contributed by atoms with van der Waals surface area (Å²) in [7, 11) is 1.50. The number of carbonyl (C=O) groups is 2. The van der Waals surface area contributed by atoms with Crippen LogP contribution < -0.4 is 10.1 Å². The summed E-state index contributed by atoms with van der Waals surface area (Å²) in [4.78, 5) is 45.4. The molecule has 4 aromatic rings. The molecule has 0 aromatic carbocycles. The number of aryl methyl sites for hydroxylation is 2. The van der Waals surface area contributed by atoms with Crippen LogP contribution in [0.3, 0.4) is 0 Å². The van der Waals surface area contributed by atoms with Gasteiger partial charge in [-0.25, -0.2) is 23.7 Å². The maximum atomic E-state index is 13.3. The molecule has 4 aromatic heterocycles. The second-order valence-electron chi connectivity index (χ2n) is 8.88. The van der Waals surface area contributed by atoms with Gasteiger partial charge < -0.3 is 9.64 Å². The predicted molar refractivity (Wildman–Crippen MR) is 146 cm³/mol. The van der Waals surface area contributed by atoms with Crippen LogP contribution in [0.4, 0.5) is 13.9 Å². The van der Waals surface area contributed by atoms with Crippen molar-refractivity contribution in [1.82, 2.24) is 24.8 Å². The Kier molecular flexibility index (Phi) is 7.67. The lowest BCUT2D eigenvalue weighted by atomic mass is 10.0. The van der Waals surface area contributed by atoms with Gasteiger partial charge in [-0.15, -0.1) is 0 Å². The molecule has 0 atom stereocenters. The summed E-state index contributed by atoms with van der Waals surface area (Å²) >= 11 is 13.5. The first-order valence-electron chi connectivity index (χ1n) is 11.8. The molecule has 0 fully saturated rings. The Labute approximate surface area is 241 Å². The molecule has 2 amide bonds. The van der Waals surface area contributed by atoms with Gasteiger partial charge in [0.25, 0.3) is 18.2 Å². The van der Waals surface area contributed by atoms with Gasteiger partial charge in [0.1, 0.15) is 16.6 Å². The van der Waals surface area contributed by atoms with Gasteiger partial charge in [0, 0.05) is 34.3 Å². The van der Waals surface area contributed by atoms with E-state index in [9.17, 15) is 18.4 Å². The van der Waals surface area contributed by atoms with E-state index in [4.69, 9.17) is 27.9 Å². The summed E-state index contributed by atoms with van der Waals surface area (Å²) in [5.74, 6) is -0.496. The first-order valence-corrected chi connectivity index (χ1v) is 13.3. The number of carbonyl (C=O) groups excluding carboxylic acids is 2. The average Bonchev–Trinajstić information content (AvgIpc) is 3.48.